The zero-order valence-electron chi connectivity index (χ0n) is 15.3. The molecule has 1 aliphatic heterocycles. The molecule has 11 nitrogen and oxygen atoms in total. The zero-order valence-corrected chi connectivity index (χ0v) is 16.2. The maximum atomic E-state index is 12.3. The van der Waals surface area contributed by atoms with Crippen molar-refractivity contribution in [2.75, 3.05) is 12.3 Å². The lowest BCUT2D eigenvalue weighted by molar-refractivity contribution is -0.0371. The monoisotopic (exact) mass is 421 g/mol. The van der Waals surface area contributed by atoms with Crippen LogP contribution in [0.15, 0.2) is 40.3 Å². The molecule has 0 aliphatic carbocycles. The van der Waals surface area contributed by atoms with Crippen LogP contribution in [0.25, 0.3) is 11.2 Å². The number of H-pyrrole nitrogens is 1. The number of nitrogen functional groups attached to an aromatic ring is 1. The normalized spacial score (nSPS) is 22.3. The molecule has 0 saturated carbocycles. The van der Waals surface area contributed by atoms with Crippen molar-refractivity contribution in [3.05, 3.63) is 46.5 Å². The van der Waals surface area contributed by atoms with Gasteiger partial charge in [-0.15, -0.1) is 0 Å². The second-order valence-corrected chi connectivity index (χ2v) is 8.37. The summed E-state index contributed by atoms with van der Waals surface area (Å²) in [6, 6.07) is 6.23. The Morgan fingerprint density at radius 1 is 1.38 bits per heavy atom. The van der Waals surface area contributed by atoms with Crippen LogP contribution < -0.4 is 11.3 Å². The molecular weight excluding hydrogens is 402 g/mol. The Balaban J connectivity index is 1.49. The Labute approximate surface area is 165 Å². The number of hydrogen-bond acceptors (Lipinski definition) is 9. The number of anilines is 1. The summed E-state index contributed by atoms with van der Waals surface area (Å²) in [6.45, 7) is 1.48. The fourth-order valence-corrected chi connectivity index (χ4v) is 4.04. The van der Waals surface area contributed by atoms with E-state index in [0.717, 1.165) is 5.56 Å². The number of ether oxygens (including phenoxy) is 1. The van der Waals surface area contributed by atoms with E-state index in [1.807, 2.05) is 6.92 Å². The summed E-state index contributed by atoms with van der Waals surface area (Å²) >= 11 is 0. The number of fused-ring (bicyclic) bond motifs is 1. The standard InChI is InChI=1S/C17H19N5O6S/c1-9-2-4-10(5-3-9)29(25,26)27-7-12-11(23)6-13(28-12)22-8-19-14-15(22)20-17(18)21-16(14)24/h2-5,8,11-13,23H,6-7H2,1H3,(H3,18,20,21,24)/t11-,12+,13+/m1/s1. The molecule has 3 atom stereocenters. The number of aromatic nitrogens is 4. The minimum absolute atomic E-state index is 0.0200. The summed E-state index contributed by atoms with van der Waals surface area (Å²) in [5.74, 6) is -0.0770. The number of nitrogens with one attached hydrogen (secondary N) is 1. The number of imidazole rings is 1. The van der Waals surface area contributed by atoms with E-state index in [1.54, 1.807) is 12.1 Å². The van der Waals surface area contributed by atoms with Gasteiger partial charge in [0.05, 0.1) is 23.9 Å². The van der Waals surface area contributed by atoms with Crippen LogP contribution in [0, 0.1) is 6.92 Å². The molecule has 0 amide bonds. The lowest BCUT2D eigenvalue weighted by Crippen LogP contribution is -2.28. The number of rotatable bonds is 5. The molecule has 3 aromatic rings. The number of aliphatic hydroxyl groups excluding tert-OH is 1. The first-order valence-electron chi connectivity index (χ1n) is 8.76. The van der Waals surface area contributed by atoms with Gasteiger partial charge in [-0.3, -0.25) is 18.5 Å². The summed E-state index contributed by atoms with van der Waals surface area (Å²) < 4.78 is 37.0. The Morgan fingerprint density at radius 2 is 2.10 bits per heavy atom. The predicted octanol–water partition coefficient (Wildman–Crippen LogP) is 0.0641. The Bertz CT molecular complexity index is 1200. The third-order valence-corrected chi connectivity index (χ3v) is 5.96. The predicted molar refractivity (Wildman–Crippen MR) is 101 cm³/mol. The maximum Gasteiger partial charge on any atom is 0.297 e. The van der Waals surface area contributed by atoms with Gasteiger partial charge in [-0.1, -0.05) is 17.7 Å². The first kappa shape index (κ1) is 19.5. The maximum absolute atomic E-state index is 12.3. The highest BCUT2D eigenvalue weighted by Crippen LogP contribution is 2.31. The number of aryl methyl sites for hydroxylation is 1. The van der Waals surface area contributed by atoms with E-state index < -0.39 is 34.1 Å². The van der Waals surface area contributed by atoms with Crippen molar-refractivity contribution in [2.45, 2.75) is 36.7 Å². The minimum Gasteiger partial charge on any atom is -0.390 e. The molecular formula is C17H19N5O6S. The molecule has 12 heteroatoms. The lowest BCUT2D eigenvalue weighted by atomic mass is 10.2. The van der Waals surface area contributed by atoms with E-state index in [1.165, 1.54) is 23.0 Å². The Morgan fingerprint density at radius 3 is 2.83 bits per heavy atom. The lowest BCUT2D eigenvalue weighted by Gasteiger charge is -2.16. The van der Waals surface area contributed by atoms with Crippen molar-refractivity contribution < 1.29 is 22.4 Å². The van der Waals surface area contributed by atoms with Crippen LogP contribution in [0.1, 0.15) is 18.2 Å². The second kappa shape index (κ2) is 7.22. The van der Waals surface area contributed by atoms with Crippen molar-refractivity contribution in [1.82, 2.24) is 19.5 Å². The molecule has 0 spiro atoms. The van der Waals surface area contributed by atoms with Gasteiger partial charge >= 0.3 is 0 Å². The van der Waals surface area contributed by atoms with Crippen molar-refractivity contribution in [3.63, 3.8) is 0 Å². The molecule has 0 bridgehead atoms. The second-order valence-electron chi connectivity index (χ2n) is 6.76. The summed E-state index contributed by atoms with van der Waals surface area (Å²) in [7, 11) is -3.99. The highest BCUT2D eigenvalue weighted by molar-refractivity contribution is 7.86. The third kappa shape index (κ3) is 3.74. The number of benzene rings is 1. The number of nitrogens with zero attached hydrogens (tertiary/aromatic N) is 3. The van der Waals surface area contributed by atoms with Gasteiger partial charge in [-0.2, -0.15) is 13.4 Å². The average Bonchev–Trinajstić information content (AvgIpc) is 3.24. The molecule has 2 aromatic heterocycles. The fourth-order valence-electron chi connectivity index (χ4n) is 3.12. The molecule has 0 unspecified atom stereocenters. The Kier molecular flexibility index (Phi) is 4.86. The first-order valence-corrected chi connectivity index (χ1v) is 10.2. The molecule has 1 aliphatic rings. The van der Waals surface area contributed by atoms with Gasteiger partial charge in [0.25, 0.3) is 15.7 Å². The third-order valence-electron chi connectivity index (χ3n) is 4.66. The van der Waals surface area contributed by atoms with Crippen LogP contribution in [0.4, 0.5) is 5.95 Å². The van der Waals surface area contributed by atoms with Crippen molar-refractivity contribution in [2.24, 2.45) is 0 Å². The van der Waals surface area contributed by atoms with Crippen LogP contribution in [0.5, 0.6) is 0 Å². The smallest absolute Gasteiger partial charge is 0.297 e. The molecule has 1 fully saturated rings. The van der Waals surface area contributed by atoms with E-state index in [-0.39, 0.29) is 35.0 Å². The van der Waals surface area contributed by atoms with Crippen molar-refractivity contribution in [1.29, 1.82) is 0 Å². The Hall–Kier alpha value is -2.80. The largest absolute Gasteiger partial charge is 0.390 e. The topological polar surface area (TPSA) is 162 Å². The number of aromatic amines is 1. The van der Waals surface area contributed by atoms with E-state index in [2.05, 4.69) is 15.0 Å². The average molecular weight is 421 g/mol. The van der Waals surface area contributed by atoms with Gasteiger partial charge in [-0.05, 0) is 19.1 Å². The number of hydrogen-bond donors (Lipinski definition) is 3. The van der Waals surface area contributed by atoms with Crippen molar-refractivity contribution >= 4 is 27.2 Å². The molecule has 1 saturated heterocycles. The first-order chi connectivity index (χ1) is 13.7. The van der Waals surface area contributed by atoms with E-state index in [4.69, 9.17) is 14.7 Å². The van der Waals surface area contributed by atoms with E-state index >= 15 is 0 Å². The molecule has 0 radical (unpaired) electrons. The van der Waals surface area contributed by atoms with Crippen LogP contribution in [0.3, 0.4) is 0 Å². The fraction of sp³-hybridized carbons (Fsp3) is 0.353. The van der Waals surface area contributed by atoms with Crippen LogP contribution in [-0.4, -0.2) is 51.9 Å². The molecule has 29 heavy (non-hydrogen) atoms. The zero-order chi connectivity index (χ0) is 20.8. The summed E-state index contributed by atoms with van der Waals surface area (Å²) in [6.07, 6.45) is -1.09. The van der Waals surface area contributed by atoms with Gasteiger partial charge in [-0.25, -0.2) is 4.98 Å². The highest BCUT2D eigenvalue weighted by atomic mass is 32.2. The van der Waals surface area contributed by atoms with E-state index in [0.29, 0.717) is 0 Å². The van der Waals surface area contributed by atoms with Crippen LogP contribution in [0.2, 0.25) is 0 Å². The molecule has 3 heterocycles. The molecule has 154 valence electrons. The van der Waals surface area contributed by atoms with Gasteiger partial charge in [0.1, 0.15) is 12.3 Å². The SMILES string of the molecule is Cc1ccc(S(=O)(=O)OC[C@@H]2O[C@H](n3cnc4c(=O)[nH]c(N)nc43)C[C@H]2O)cc1. The van der Waals surface area contributed by atoms with Crippen LogP contribution >= 0.6 is 0 Å². The van der Waals surface area contributed by atoms with Crippen molar-refractivity contribution in [3.8, 4) is 0 Å². The summed E-state index contributed by atoms with van der Waals surface area (Å²) in [5.41, 5.74) is 6.30. The molecule has 1 aromatic carbocycles. The van der Waals surface area contributed by atoms with E-state index in [9.17, 15) is 18.3 Å². The number of nitrogens with two attached hydrogens (primary N) is 1. The molecule has 4 N–H and O–H groups in total. The van der Waals surface area contributed by atoms with Gasteiger partial charge in [0.15, 0.2) is 11.2 Å². The van der Waals surface area contributed by atoms with Gasteiger partial charge < -0.3 is 15.6 Å². The quantitative estimate of drug-likeness (QED) is 0.484. The minimum atomic E-state index is -3.99. The summed E-state index contributed by atoms with van der Waals surface area (Å²) in [4.78, 5) is 22.3. The highest BCUT2D eigenvalue weighted by Gasteiger charge is 2.37. The van der Waals surface area contributed by atoms with Gasteiger partial charge in [0, 0.05) is 6.42 Å². The van der Waals surface area contributed by atoms with Crippen LogP contribution in [-0.2, 0) is 19.0 Å². The number of aliphatic hydroxyl groups is 1. The molecule has 4 rings (SSSR count). The summed E-state index contributed by atoms with van der Waals surface area (Å²) in [5, 5.41) is 10.3. The van der Waals surface area contributed by atoms with Gasteiger partial charge in [0.2, 0.25) is 5.95 Å².